The van der Waals surface area contributed by atoms with Crippen molar-refractivity contribution in [1.29, 1.82) is 0 Å². The van der Waals surface area contributed by atoms with Crippen LogP contribution in [0.15, 0.2) is 54.6 Å². The molecule has 23 heavy (non-hydrogen) atoms. The molecule has 2 rings (SSSR count). The lowest BCUT2D eigenvalue weighted by Gasteiger charge is -2.18. The quantitative estimate of drug-likeness (QED) is 0.890. The van der Waals surface area contributed by atoms with Gasteiger partial charge in [0.2, 0.25) is 0 Å². The fourth-order valence-electron chi connectivity index (χ4n) is 2.16. The Labute approximate surface area is 136 Å². The van der Waals surface area contributed by atoms with Crippen LogP contribution in [0.2, 0.25) is 0 Å². The van der Waals surface area contributed by atoms with Gasteiger partial charge in [0.15, 0.2) is 0 Å². The maximum Gasteiger partial charge on any atom is 0.317 e. The maximum absolute atomic E-state index is 12.1. The highest BCUT2D eigenvalue weighted by atomic mass is 16.2. The average Bonchev–Trinajstić information content (AvgIpc) is 2.60. The molecule has 0 aliphatic carbocycles. The molecule has 0 saturated carbocycles. The predicted octanol–water partition coefficient (Wildman–Crippen LogP) is 2.39. The zero-order valence-electron chi connectivity index (χ0n) is 13.4. The number of nitrogens with one attached hydrogen (secondary N) is 2. The average molecular weight is 311 g/mol. The highest BCUT2D eigenvalue weighted by Gasteiger charge is 2.09. The molecule has 5 nitrogen and oxygen atoms in total. The molecule has 0 aliphatic rings. The van der Waals surface area contributed by atoms with Crippen molar-refractivity contribution >= 4 is 11.9 Å². The second-order valence-electron chi connectivity index (χ2n) is 5.28. The van der Waals surface area contributed by atoms with Gasteiger partial charge in [-0.2, -0.15) is 0 Å². The summed E-state index contributed by atoms with van der Waals surface area (Å²) in [6, 6.07) is 16.9. The minimum atomic E-state index is -0.135. The van der Waals surface area contributed by atoms with Crippen LogP contribution in [0.25, 0.3) is 0 Å². The van der Waals surface area contributed by atoms with Crippen LogP contribution in [0.5, 0.6) is 0 Å². The van der Waals surface area contributed by atoms with E-state index in [1.807, 2.05) is 42.5 Å². The first-order valence-electron chi connectivity index (χ1n) is 7.44. The second-order valence-corrected chi connectivity index (χ2v) is 5.28. The normalized spacial score (nSPS) is 10.0. The van der Waals surface area contributed by atoms with E-state index in [-0.39, 0.29) is 11.9 Å². The van der Waals surface area contributed by atoms with Crippen molar-refractivity contribution in [2.75, 3.05) is 14.1 Å². The Morgan fingerprint density at radius 1 is 0.957 bits per heavy atom. The molecule has 0 heterocycles. The third kappa shape index (κ3) is 4.85. The molecule has 2 aromatic rings. The molecular weight excluding hydrogens is 290 g/mol. The Hall–Kier alpha value is -2.82. The monoisotopic (exact) mass is 311 g/mol. The van der Waals surface area contributed by atoms with Gasteiger partial charge in [-0.25, -0.2) is 4.79 Å². The number of carbonyl (C=O) groups excluding carboxylic acids is 2. The molecule has 2 N–H and O–H groups in total. The molecule has 0 atom stereocenters. The minimum Gasteiger partial charge on any atom is -0.355 e. The molecule has 0 aliphatic heterocycles. The van der Waals surface area contributed by atoms with Crippen LogP contribution in [0.4, 0.5) is 4.79 Å². The van der Waals surface area contributed by atoms with Crippen molar-refractivity contribution in [3.63, 3.8) is 0 Å². The topological polar surface area (TPSA) is 61.4 Å². The second kappa shape index (κ2) is 7.98. The number of urea groups is 1. The summed E-state index contributed by atoms with van der Waals surface area (Å²) in [6.07, 6.45) is 0. The Balaban J connectivity index is 1.85. The zero-order chi connectivity index (χ0) is 16.7. The Morgan fingerprint density at radius 2 is 1.61 bits per heavy atom. The van der Waals surface area contributed by atoms with Crippen molar-refractivity contribution in [3.8, 4) is 0 Å². The van der Waals surface area contributed by atoms with Crippen molar-refractivity contribution < 1.29 is 9.59 Å². The summed E-state index contributed by atoms with van der Waals surface area (Å²) >= 11 is 0. The van der Waals surface area contributed by atoms with E-state index in [4.69, 9.17) is 0 Å². The van der Waals surface area contributed by atoms with E-state index in [2.05, 4.69) is 10.6 Å². The minimum absolute atomic E-state index is 0.122. The van der Waals surface area contributed by atoms with Crippen LogP contribution >= 0.6 is 0 Å². The van der Waals surface area contributed by atoms with Gasteiger partial charge in [-0.05, 0) is 23.3 Å². The lowest BCUT2D eigenvalue weighted by Crippen LogP contribution is -2.36. The molecule has 0 radical (unpaired) electrons. The Kier molecular flexibility index (Phi) is 5.74. The van der Waals surface area contributed by atoms with E-state index < -0.39 is 0 Å². The van der Waals surface area contributed by atoms with E-state index in [1.54, 1.807) is 31.1 Å². The SMILES string of the molecule is CNC(=O)c1ccc(CNC(=O)N(C)Cc2ccccc2)cc1. The highest BCUT2D eigenvalue weighted by Crippen LogP contribution is 2.06. The predicted molar refractivity (Wildman–Crippen MR) is 90.0 cm³/mol. The van der Waals surface area contributed by atoms with Gasteiger partial charge < -0.3 is 15.5 Å². The molecule has 0 fully saturated rings. The van der Waals surface area contributed by atoms with Gasteiger partial charge in [0.1, 0.15) is 0 Å². The summed E-state index contributed by atoms with van der Waals surface area (Å²) in [5, 5.41) is 5.44. The summed E-state index contributed by atoms with van der Waals surface area (Å²) in [5.74, 6) is -0.122. The van der Waals surface area contributed by atoms with E-state index >= 15 is 0 Å². The van der Waals surface area contributed by atoms with Gasteiger partial charge in [0, 0.05) is 32.7 Å². The number of carbonyl (C=O) groups is 2. The molecule has 0 aromatic heterocycles. The van der Waals surface area contributed by atoms with Crippen LogP contribution < -0.4 is 10.6 Å². The first kappa shape index (κ1) is 16.5. The maximum atomic E-state index is 12.1. The number of amides is 3. The number of nitrogens with zero attached hydrogens (tertiary/aromatic N) is 1. The summed E-state index contributed by atoms with van der Waals surface area (Å²) in [7, 11) is 3.36. The third-order valence-corrected chi connectivity index (χ3v) is 3.50. The molecule has 120 valence electrons. The van der Waals surface area contributed by atoms with Crippen LogP contribution in [0.3, 0.4) is 0 Å². The molecule has 0 saturated heterocycles. The highest BCUT2D eigenvalue weighted by molar-refractivity contribution is 5.93. The van der Waals surface area contributed by atoms with Crippen molar-refractivity contribution in [3.05, 3.63) is 71.3 Å². The van der Waals surface area contributed by atoms with Crippen LogP contribution in [-0.2, 0) is 13.1 Å². The van der Waals surface area contributed by atoms with Crippen molar-refractivity contribution in [1.82, 2.24) is 15.5 Å². The molecule has 3 amide bonds. The van der Waals surface area contributed by atoms with Crippen LogP contribution in [0, 0.1) is 0 Å². The van der Waals surface area contributed by atoms with Crippen molar-refractivity contribution in [2.24, 2.45) is 0 Å². The van der Waals surface area contributed by atoms with Crippen LogP contribution in [-0.4, -0.2) is 30.9 Å². The fraction of sp³-hybridized carbons (Fsp3) is 0.222. The van der Waals surface area contributed by atoms with Gasteiger partial charge in [0.25, 0.3) is 5.91 Å². The smallest absolute Gasteiger partial charge is 0.317 e. The van der Waals surface area contributed by atoms with E-state index in [1.165, 1.54) is 0 Å². The molecule has 5 heteroatoms. The van der Waals surface area contributed by atoms with Gasteiger partial charge in [-0.1, -0.05) is 42.5 Å². The van der Waals surface area contributed by atoms with E-state index in [0.29, 0.717) is 18.7 Å². The van der Waals surface area contributed by atoms with Gasteiger partial charge in [-0.3, -0.25) is 4.79 Å². The standard InChI is InChI=1S/C18H21N3O2/c1-19-17(22)16-10-8-14(9-11-16)12-20-18(23)21(2)13-15-6-4-3-5-7-15/h3-11H,12-13H2,1-2H3,(H,19,22)(H,20,23). The molecule has 0 bridgehead atoms. The number of rotatable bonds is 5. The molecule has 0 unspecified atom stereocenters. The zero-order valence-corrected chi connectivity index (χ0v) is 13.4. The fourth-order valence-corrected chi connectivity index (χ4v) is 2.16. The van der Waals surface area contributed by atoms with E-state index in [0.717, 1.165) is 11.1 Å². The number of hydrogen-bond donors (Lipinski definition) is 2. The summed E-state index contributed by atoms with van der Waals surface area (Å²) < 4.78 is 0. The van der Waals surface area contributed by atoms with E-state index in [9.17, 15) is 9.59 Å². The lowest BCUT2D eigenvalue weighted by atomic mass is 10.1. The summed E-state index contributed by atoms with van der Waals surface area (Å²) in [6.45, 7) is 0.980. The third-order valence-electron chi connectivity index (χ3n) is 3.50. The first-order valence-corrected chi connectivity index (χ1v) is 7.44. The first-order chi connectivity index (χ1) is 11.1. The Morgan fingerprint density at radius 3 is 2.22 bits per heavy atom. The van der Waals surface area contributed by atoms with Gasteiger partial charge >= 0.3 is 6.03 Å². The van der Waals surface area contributed by atoms with Gasteiger partial charge in [0.05, 0.1) is 0 Å². The largest absolute Gasteiger partial charge is 0.355 e. The van der Waals surface area contributed by atoms with Gasteiger partial charge in [-0.15, -0.1) is 0 Å². The van der Waals surface area contributed by atoms with Crippen molar-refractivity contribution in [2.45, 2.75) is 13.1 Å². The summed E-state index contributed by atoms with van der Waals surface area (Å²) in [4.78, 5) is 25.2. The lowest BCUT2D eigenvalue weighted by molar-refractivity contribution is 0.0963. The molecule has 0 spiro atoms. The molecular formula is C18H21N3O2. The Bertz CT molecular complexity index is 654. The summed E-state index contributed by atoms with van der Waals surface area (Å²) in [5.41, 5.74) is 2.63. The number of hydrogen-bond acceptors (Lipinski definition) is 2. The van der Waals surface area contributed by atoms with Crippen LogP contribution in [0.1, 0.15) is 21.5 Å². The number of benzene rings is 2. The molecule has 2 aromatic carbocycles.